The van der Waals surface area contributed by atoms with Crippen LogP contribution in [0.4, 0.5) is 5.69 Å². The first-order valence-corrected chi connectivity index (χ1v) is 12.4. The van der Waals surface area contributed by atoms with Crippen molar-refractivity contribution in [2.24, 2.45) is 5.14 Å². The van der Waals surface area contributed by atoms with E-state index in [1.54, 1.807) is 6.92 Å². The standard InChI is InChI=1S/C19H28N4O4S2/c1-13-10-15(29(20,26)27)11-16(14(13)2)21-18(24)12-23-5-3-4-17(23)19(25)22-6-8-28-9-7-22/h10-11,17H,3-9,12H2,1-2H3,(H,21,24)(H2,20,26,27). The van der Waals surface area contributed by atoms with Gasteiger partial charge in [0.25, 0.3) is 0 Å². The molecule has 0 bridgehead atoms. The zero-order valence-corrected chi connectivity index (χ0v) is 18.4. The van der Waals surface area contributed by atoms with Gasteiger partial charge in [-0.05, 0) is 56.5 Å². The minimum absolute atomic E-state index is 0.0342. The van der Waals surface area contributed by atoms with Crippen molar-refractivity contribution in [3.05, 3.63) is 23.3 Å². The summed E-state index contributed by atoms with van der Waals surface area (Å²) < 4.78 is 23.4. The third-order valence-corrected chi connectivity index (χ3v) is 7.40. The van der Waals surface area contributed by atoms with Gasteiger partial charge in [0, 0.05) is 30.3 Å². The molecule has 8 nitrogen and oxygen atoms in total. The highest BCUT2D eigenvalue weighted by Gasteiger charge is 2.35. The molecular formula is C19H28N4O4S2. The number of primary sulfonamides is 1. The Morgan fingerprint density at radius 2 is 1.90 bits per heavy atom. The highest BCUT2D eigenvalue weighted by Crippen LogP contribution is 2.25. The van der Waals surface area contributed by atoms with Crippen LogP contribution in [0.3, 0.4) is 0 Å². The molecule has 1 unspecified atom stereocenters. The molecule has 2 aliphatic heterocycles. The van der Waals surface area contributed by atoms with Gasteiger partial charge in [0.1, 0.15) is 0 Å². The first-order valence-electron chi connectivity index (χ1n) is 9.71. The van der Waals surface area contributed by atoms with Crippen LogP contribution < -0.4 is 10.5 Å². The second-order valence-corrected chi connectivity index (χ2v) is 10.4. The minimum Gasteiger partial charge on any atom is -0.340 e. The lowest BCUT2D eigenvalue weighted by Gasteiger charge is -2.32. The second-order valence-electron chi connectivity index (χ2n) is 7.57. The van der Waals surface area contributed by atoms with E-state index in [0.717, 1.165) is 48.6 Å². The largest absolute Gasteiger partial charge is 0.340 e. The summed E-state index contributed by atoms with van der Waals surface area (Å²) in [5.74, 6) is 1.75. The topological polar surface area (TPSA) is 113 Å². The highest BCUT2D eigenvalue weighted by atomic mass is 32.2. The monoisotopic (exact) mass is 440 g/mol. The van der Waals surface area contributed by atoms with Crippen molar-refractivity contribution in [3.8, 4) is 0 Å². The fourth-order valence-electron chi connectivity index (χ4n) is 3.78. The number of thioether (sulfide) groups is 1. The molecule has 2 saturated heterocycles. The number of likely N-dealkylation sites (tertiary alicyclic amines) is 1. The molecule has 2 amide bonds. The third-order valence-electron chi connectivity index (χ3n) is 5.56. The molecule has 3 N–H and O–H groups in total. The van der Waals surface area contributed by atoms with Gasteiger partial charge < -0.3 is 10.2 Å². The van der Waals surface area contributed by atoms with Crippen molar-refractivity contribution in [1.29, 1.82) is 0 Å². The number of aryl methyl sites for hydroxylation is 1. The number of carbonyl (C=O) groups excluding carboxylic acids is 2. The lowest BCUT2D eigenvalue weighted by Crippen LogP contribution is -2.49. The maximum Gasteiger partial charge on any atom is 0.239 e. The van der Waals surface area contributed by atoms with Crippen LogP contribution in [-0.2, 0) is 19.6 Å². The lowest BCUT2D eigenvalue weighted by atomic mass is 10.1. The van der Waals surface area contributed by atoms with Crippen molar-refractivity contribution in [2.45, 2.75) is 37.6 Å². The van der Waals surface area contributed by atoms with E-state index in [9.17, 15) is 18.0 Å². The van der Waals surface area contributed by atoms with Gasteiger partial charge >= 0.3 is 0 Å². The van der Waals surface area contributed by atoms with E-state index < -0.39 is 10.0 Å². The van der Waals surface area contributed by atoms with Gasteiger partial charge in [0.15, 0.2) is 0 Å². The van der Waals surface area contributed by atoms with Gasteiger partial charge in [-0.15, -0.1) is 0 Å². The zero-order chi connectivity index (χ0) is 21.2. The van der Waals surface area contributed by atoms with Gasteiger partial charge in [0.2, 0.25) is 21.8 Å². The molecule has 29 heavy (non-hydrogen) atoms. The molecule has 10 heteroatoms. The van der Waals surface area contributed by atoms with Gasteiger partial charge in [-0.1, -0.05) is 0 Å². The zero-order valence-electron chi connectivity index (χ0n) is 16.8. The predicted molar refractivity (Wildman–Crippen MR) is 114 cm³/mol. The number of nitrogens with one attached hydrogen (secondary N) is 1. The Morgan fingerprint density at radius 1 is 1.21 bits per heavy atom. The van der Waals surface area contributed by atoms with E-state index in [0.29, 0.717) is 12.2 Å². The van der Waals surface area contributed by atoms with Crippen LogP contribution in [-0.4, -0.2) is 73.8 Å². The van der Waals surface area contributed by atoms with E-state index in [1.807, 2.05) is 28.5 Å². The number of amides is 2. The predicted octanol–water partition coefficient (Wildman–Crippen LogP) is 0.929. The summed E-state index contributed by atoms with van der Waals surface area (Å²) in [6.45, 7) is 5.90. The normalized spacial score (nSPS) is 20.7. The average molecular weight is 441 g/mol. The van der Waals surface area contributed by atoms with Crippen molar-refractivity contribution in [2.75, 3.05) is 43.0 Å². The second kappa shape index (κ2) is 9.03. The number of hydrogen-bond acceptors (Lipinski definition) is 6. The Kier molecular flexibility index (Phi) is 6.87. The molecule has 1 aromatic rings. The number of nitrogens with zero attached hydrogens (tertiary/aromatic N) is 2. The van der Waals surface area contributed by atoms with E-state index >= 15 is 0 Å². The van der Waals surface area contributed by atoms with Crippen LogP contribution in [0.5, 0.6) is 0 Å². The Morgan fingerprint density at radius 3 is 2.55 bits per heavy atom. The van der Waals surface area contributed by atoms with Crippen molar-refractivity contribution >= 4 is 39.3 Å². The van der Waals surface area contributed by atoms with Gasteiger partial charge in [-0.2, -0.15) is 11.8 Å². The summed E-state index contributed by atoms with van der Waals surface area (Å²) in [6, 6.07) is 2.61. The molecule has 2 aliphatic rings. The molecule has 1 atom stereocenters. The van der Waals surface area contributed by atoms with E-state index in [2.05, 4.69) is 5.32 Å². The number of hydrogen-bond donors (Lipinski definition) is 2. The fraction of sp³-hybridized carbons (Fsp3) is 0.579. The summed E-state index contributed by atoms with van der Waals surface area (Å²) in [6.07, 6.45) is 1.64. The molecular weight excluding hydrogens is 412 g/mol. The van der Waals surface area contributed by atoms with E-state index in [1.165, 1.54) is 12.1 Å². The molecule has 2 fully saturated rings. The summed E-state index contributed by atoms with van der Waals surface area (Å²) in [7, 11) is -3.87. The summed E-state index contributed by atoms with van der Waals surface area (Å²) in [5.41, 5.74) is 1.93. The third kappa shape index (κ3) is 5.30. The molecule has 0 radical (unpaired) electrons. The quantitative estimate of drug-likeness (QED) is 0.704. The number of carbonyl (C=O) groups is 2. The van der Waals surface area contributed by atoms with E-state index in [-0.39, 0.29) is 29.3 Å². The molecule has 2 heterocycles. The SMILES string of the molecule is Cc1cc(S(N)(=O)=O)cc(NC(=O)CN2CCCC2C(=O)N2CCSCC2)c1C. The molecule has 0 aliphatic carbocycles. The first kappa shape index (κ1) is 22.1. The summed E-state index contributed by atoms with van der Waals surface area (Å²) >= 11 is 1.85. The Balaban J connectivity index is 1.68. The molecule has 3 rings (SSSR count). The number of sulfonamides is 1. The Bertz CT molecular complexity index is 898. The fourth-order valence-corrected chi connectivity index (χ4v) is 5.31. The summed E-state index contributed by atoms with van der Waals surface area (Å²) in [4.78, 5) is 29.3. The van der Waals surface area contributed by atoms with Crippen LogP contribution in [0.1, 0.15) is 24.0 Å². The number of nitrogens with two attached hydrogens (primary N) is 1. The van der Waals surface area contributed by atoms with Gasteiger partial charge in [-0.3, -0.25) is 14.5 Å². The maximum atomic E-state index is 12.9. The number of rotatable bonds is 5. The lowest BCUT2D eigenvalue weighted by molar-refractivity contribution is -0.136. The van der Waals surface area contributed by atoms with Crippen LogP contribution in [0.2, 0.25) is 0 Å². The highest BCUT2D eigenvalue weighted by molar-refractivity contribution is 7.99. The Hall–Kier alpha value is -1.62. The molecule has 160 valence electrons. The van der Waals surface area contributed by atoms with Crippen LogP contribution in [0.15, 0.2) is 17.0 Å². The molecule has 0 aromatic heterocycles. The first-order chi connectivity index (χ1) is 13.7. The Labute approximate surface area is 176 Å². The van der Waals surface area contributed by atoms with Crippen molar-refractivity contribution < 1.29 is 18.0 Å². The number of benzene rings is 1. The van der Waals surface area contributed by atoms with Crippen molar-refractivity contribution in [3.63, 3.8) is 0 Å². The van der Waals surface area contributed by atoms with Crippen LogP contribution in [0, 0.1) is 13.8 Å². The van der Waals surface area contributed by atoms with Gasteiger partial charge in [0.05, 0.1) is 17.5 Å². The molecule has 0 spiro atoms. The molecule has 0 saturated carbocycles. The number of anilines is 1. The van der Waals surface area contributed by atoms with Crippen molar-refractivity contribution in [1.82, 2.24) is 9.80 Å². The van der Waals surface area contributed by atoms with Crippen LogP contribution >= 0.6 is 11.8 Å². The maximum absolute atomic E-state index is 12.9. The molecule has 1 aromatic carbocycles. The average Bonchev–Trinajstić information content (AvgIpc) is 3.12. The van der Waals surface area contributed by atoms with Crippen LogP contribution in [0.25, 0.3) is 0 Å². The summed E-state index contributed by atoms with van der Waals surface area (Å²) in [5, 5.41) is 8.04. The van der Waals surface area contributed by atoms with Gasteiger partial charge in [-0.25, -0.2) is 13.6 Å². The van der Waals surface area contributed by atoms with E-state index in [4.69, 9.17) is 5.14 Å². The minimum atomic E-state index is -3.87. The smallest absolute Gasteiger partial charge is 0.239 e.